The smallest absolute Gasteiger partial charge is 0.249 e. The molecule has 106 valence electrons. The van der Waals surface area contributed by atoms with Crippen LogP contribution in [0.3, 0.4) is 0 Å². The van der Waals surface area contributed by atoms with Gasteiger partial charge in [0.05, 0.1) is 27.5 Å². The minimum atomic E-state index is -0.262. The third kappa shape index (κ3) is 2.84. The number of nitrogens with one attached hydrogen (secondary N) is 1. The first-order valence-electron chi connectivity index (χ1n) is 6.52. The van der Waals surface area contributed by atoms with Crippen molar-refractivity contribution in [1.82, 2.24) is 0 Å². The van der Waals surface area contributed by atoms with E-state index in [1.165, 1.54) is 0 Å². The van der Waals surface area contributed by atoms with Crippen LogP contribution >= 0.6 is 23.2 Å². The van der Waals surface area contributed by atoms with Crippen LogP contribution in [0.25, 0.3) is 0 Å². The Balaban J connectivity index is 2.36. The van der Waals surface area contributed by atoms with Crippen molar-refractivity contribution in [2.75, 3.05) is 16.8 Å². The zero-order chi connectivity index (χ0) is 14.7. The maximum atomic E-state index is 12.4. The van der Waals surface area contributed by atoms with Gasteiger partial charge in [0.1, 0.15) is 6.04 Å². The van der Waals surface area contributed by atoms with E-state index in [4.69, 9.17) is 28.5 Å². The molecule has 0 fully saturated rings. The Kier molecular flexibility index (Phi) is 4.74. The Hall–Kier alpha value is -1.44. The van der Waals surface area contributed by atoms with Gasteiger partial charge >= 0.3 is 0 Å². The first kappa shape index (κ1) is 15.0. The van der Waals surface area contributed by atoms with Crippen molar-refractivity contribution >= 4 is 40.5 Å². The van der Waals surface area contributed by atoms with Gasteiger partial charge in [-0.05, 0) is 25.0 Å². The van der Waals surface area contributed by atoms with E-state index in [-0.39, 0.29) is 11.9 Å². The SMILES string of the molecule is CCC1Nc2cc(Cl)c(Cl)cc2N(CCCC#N)C1=O. The number of carbonyl (C=O) groups is 1. The van der Waals surface area contributed by atoms with Crippen molar-refractivity contribution in [1.29, 1.82) is 5.26 Å². The zero-order valence-electron chi connectivity index (χ0n) is 11.1. The molecule has 1 atom stereocenters. The second kappa shape index (κ2) is 6.34. The lowest BCUT2D eigenvalue weighted by atomic mass is 10.1. The van der Waals surface area contributed by atoms with Crippen LogP contribution in [-0.2, 0) is 4.79 Å². The third-order valence-corrected chi connectivity index (χ3v) is 4.02. The van der Waals surface area contributed by atoms with Gasteiger partial charge in [-0.3, -0.25) is 4.79 Å². The second-order valence-electron chi connectivity index (χ2n) is 4.64. The number of halogens is 2. The number of carbonyl (C=O) groups excluding carboxylic acids is 1. The van der Waals surface area contributed by atoms with Crippen molar-refractivity contribution in [2.45, 2.75) is 32.2 Å². The number of anilines is 2. The minimum absolute atomic E-state index is 0.0105. The molecule has 2 rings (SSSR count). The van der Waals surface area contributed by atoms with Gasteiger partial charge in [-0.1, -0.05) is 30.1 Å². The molecule has 1 amide bonds. The van der Waals surface area contributed by atoms with Crippen LogP contribution < -0.4 is 10.2 Å². The van der Waals surface area contributed by atoms with Crippen LogP contribution in [-0.4, -0.2) is 18.5 Å². The number of unbranched alkanes of at least 4 members (excludes halogenated alkanes) is 1. The highest BCUT2D eigenvalue weighted by Crippen LogP contribution is 2.38. The average Bonchev–Trinajstić information content (AvgIpc) is 2.43. The quantitative estimate of drug-likeness (QED) is 0.860. The van der Waals surface area contributed by atoms with E-state index in [1.807, 2.05) is 6.92 Å². The largest absolute Gasteiger partial charge is 0.372 e. The minimum Gasteiger partial charge on any atom is -0.372 e. The standard InChI is InChI=1S/C14H15Cl2N3O/c1-2-11-14(20)19(6-4-3-5-17)13-8-10(16)9(15)7-12(13)18-11/h7-8,11,18H,2-4,6H2,1H3. The summed E-state index contributed by atoms with van der Waals surface area (Å²) in [5.41, 5.74) is 1.54. The summed E-state index contributed by atoms with van der Waals surface area (Å²) in [4.78, 5) is 14.1. The molecular weight excluding hydrogens is 297 g/mol. The summed E-state index contributed by atoms with van der Waals surface area (Å²) < 4.78 is 0. The molecule has 1 aliphatic rings. The van der Waals surface area contributed by atoms with Gasteiger partial charge in [0.15, 0.2) is 0 Å². The summed E-state index contributed by atoms with van der Waals surface area (Å²) in [5, 5.41) is 12.7. The van der Waals surface area contributed by atoms with Crippen molar-refractivity contribution in [3.63, 3.8) is 0 Å². The Labute approximate surface area is 128 Å². The van der Waals surface area contributed by atoms with Gasteiger partial charge in [-0.2, -0.15) is 5.26 Å². The summed E-state index contributed by atoms with van der Waals surface area (Å²) in [5.74, 6) is 0.0105. The van der Waals surface area contributed by atoms with Gasteiger partial charge in [-0.15, -0.1) is 0 Å². The number of fused-ring (bicyclic) bond motifs is 1. The number of nitrogens with zero attached hydrogens (tertiary/aromatic N) is 2. The van der Waals surface area contributed by atoms with E-state index in [2.05, 4.69) is 11.4 Å². The predicted octanol–water partition coefficient (Wildman–Crippen LogP) is 3.83. The lowest BCUT2D eigenvalue weighted by Crippen LogP contribution is -2.47. The van der Waals surface area contributed by atoms with Crippen LogP contribution in [0.2, 0.25) is 10.0 Å². The van der Waals surface area contributed by atoms with Gasteiger partial charge in [0.25, 0.3) is 0 Å². The molecule has 1 heterocycles. The number of amides is 1. The van der Waals surface area contributed by atoms with E-state index in [9.17, 15) is 4.79 Å². The summed E-state index contributed by atoms with van der Waals surface area (Å²) in [6.07, 6.45) is 1.75. The summed E-state index contributed by atoms with van der Waals surface area (Å²) in [6.45, 7) is 2.46. The number of hydrogen-bond acceptors (Lipinski definition) is 3. The van der Waals surface area contributed by atoms with Crippen LogP contribution in [0.15, 0.2) is 12.1 Å². The van der Waals surface area contributed by atoms with Crippen LogP contribution in [0, 0.1) is 11.3 Å². The third-order valence-electron chi connectivity index (χ3n) is 3.30. The lowest BCUT2D eigenvalue weighted by Gasteiger charge is -2.35. The van der Waals surface area contributed by atoms with Crippen LogP contribution in [0.4, 0.5) is 11.4 Å². The number of benzene rings is 1. The molecule has 1 unspecified atom stereocenters. The van der Waals surface area contributed by atoms with E-state index in [1.54, 1.807) is 17.0 Å². The first-order valence-corrected chi connectivity index (χ1v) is 7.28. The highest BCUT2D eigenvalue weighted by atomic mass is 35.5. The fraction of sp³-hybridized carbons (Fsp3) is 0.429. The highest BCUT2D eigenvalue weighted by Gasteiger charge is 2.31. The Morgan fingerprint density at radius 3 is 2.75 bits per heavy atom. The molecule has 0 spiro atoms. The molecule has 1 N–H and O–H groups in total. The maximum Gasteiger partial charge on any atom is 0.249 e. The second-order valence-corrected chi connectivity index (χ2v) is 5.45. The van der Waals surface area contributed by atoms with Gasteiger partial charge < -0.3 is 10.2 Å². The number of hydrogen-bond donors (Lipinski definition) is 1. The molecular formula is C14H15Cl2N3O. The molecule has 1 aromatic carbocycles. The molecule has 0 bridgehead atoms. The van der Waals surface area contributed by atoms with Crippen LogP contribution in [0.5, 0.6) is 0 Å². The van der Waals surface area contributed by atoms with Gasteiger partial charge in [0, 0.05) is 13.0 Å². The Morgan fingerprint density at radius 2 is 2.10 bits per heavy atom. The summed E-state index contributed by atoms with van der Waals surface area (Å²) in [7, 11) is 0. The van der Waals surface area contributed by atoms with E-state index >= 15 is 0 Å². The maximum absolute atomic E-state index is 12.4. The highest BCUT2D eigenvalue weighted by molar-refractivity contribution is 6.42. The van der Waals surface area contributed by atoms with E-state index in [0.29, 0.717) is 35.9 Å². The molecule has 1 aromatic rings. The van der Waals surface area contributed by atoms with Crippen molar-refractivity contribution < 1.29 is 4.79 Å². The first-order chi connectivity index (χ1) is 9.58. The molecule has 20 heavy (non-hydrogen) atoms. The summed E-state index contributed by atoms with van der Waals surface area (Å²) in [6, 6.07) is 5.27. The number of nitriles is 1. The Bertz CT molecular complexity index is 568. The normalized spacial score (nSPS) is 17.4. The molecule has 4 nitrogen and oxygen atoms in total. The van der Waals surface area contributed by atoms with Gasteiger partial charge in [0.2, 0.25) is 5.91 Å². The average molecular weight is 312 g/mol. The topological polar surface area (TPSA) is 56.1 Å². The predicted molar refractivity (Wildman–Crippen MR) is 81.4 cm³/mol. The molecule has 6 heteroatoms. The van der Waals surface area contributed by atoms with Crippen LogP contribution in [0.1, 0.15) is 26.2 Å². The summed E-state index contributed by atoms with van der Waals surface area (Å²) >= 11 is 12.1. The zero-order valence-corrected chi connectivity index (χ0v) is 12.6. The van der Waals surface area contributed by atoms with Crippen molar-refractivity contribution in [3.05, 3.63) is 22.2 Å². The fourth-order valence-electron chi connectivity index (χ4n) is 2.26. The Morgan fingerprint density at radius 1 is 1.40 bits per heavy atom. The molecule has 0 aromatic heterocycles. The molecule has 1 aliphatic heterocycles. The lowest BCUT2D eigenvalue weighted by molar-refractivity contribution is -0.119. The number of rotatable bonds is 4. The van der Waals surface area contributed by atoms with Crippen molar-refractivity contribution in [2.24, 2.45) is 0 Å². The van der Waals surface area contributed by atoms with E-state index in [0.717, 1.165) is 11.4 Å². The molecule has 0 radical (unpaired) electrons. The van der Waals surface area contributed by atoms with Crippen molar-refractivity contribution in [3.8, 4) is 6.07 Å². The molecule has 0 saturated heterocycles. The molecule has 0 saturated carbocycles. The monoisotopic (exact) mass is 311 g/mol. The fourth-order valence-corrected chi connectivity index (χ4v) is 2.58. The van der Waals surface area contributed by atoms with Gasteiger partial charge in [-0.25, -0.2) is 0 Å². The van der Waals surface area contributed by atoms with E-state index < -0.39 is 0 Å². The molecule has 0 aliphatic carbocycles.